The topological polar surface area (TPSA) is 162 Å². The number of nitro benzene ring substituents is 1. The van der Waals surface area contributed by atoms with Gasteiger partial charge in [-0.2, -0.15) is 5.26 Å². The molecule has 0 spiro atoms. The maximum atomic E-state index is 12.5. The molecule has 10 heteroatoms. The zero-order valence-electron chi connectivity index (χ0n) is 14.9. The lowest BCUT2D eigenvalue weighted by Gasteiger charge is -2.25. The molecule has 1 aliphatic rings. The van der Waals surface area contributed by atoms with Gasteiger partial charge in [0.2, 0.25) is 11.6 Å². The summed E-state index contributed by atoms with van der Waals surface area (Å²) in [5.41, 5.74) is 4.44. The van der Waals surface area contributed by atoms with Crippen LogP contribution in [0.1, 0.15) is 29.7 Å². The van der Waals surface area contributed by atoms with Crippen molar-refractivity contribution in [2.45, 2.75) is 19.8 Å². The molecule has 0 bridgehead atoms. The Bertz CT molecular complexity index is 1110. The number of phenols is 1. The molecule has 2 aromatic rings. The Kier molecular flexibility index (Phi) is 4.67. The predicted octanol–water partition coefficient (Wildman–Crippen LogP) is 2.18. The zero-order valence-corrected chi connectivity index (χ0v) is 14.9. The van der Waals surface area contributed by atoms with Crippen LogP contribution in [0.25, 0.3) is 0 Å². The van der Waals surface area contributed by atoms with Gasteiger partial charge in [-0.15, -0.1) is 0 Å². The Hall–Kier alpha value is -4.00. The second kappa shape index (κ2) is 6.96. The normalized spacial score (nSPS) is 15.4. The summed E-state index contributed by atoms with van der Waals surface area (Å²) in [6, 6.07) is 5.68. The molecule has 0 radical (unpaired) electrons. The number of nitrogens with zero attached hydrogens (tertiary/aromatic N) is 2. The van der Waals surface area contributed by atoms with E-state index in [4.69, 9.17) is 19.6 Å². The number of hydrogen-bond donors (Lipinski definition) is 2. The second-order valence-corrected chi connectivity index (χ2v) is 5.92. The number of aromatic hydroxyl groups is 1. The van der Waals surface area contributed by atoms with Crippen molar-refractivity contribution in [3.63, 3.8) is 0 Å². The molecule has 0 saturated heterocycles. The lowest BCUT2D eigenvalue weighted by molar-refractivity contribution is -0.386. The maximum absolute atomic E-state index is 12.5. The SMILES string of the molecule is CCOc1cc([C@@H]2C(C#N)=C(N)Oc3cc(C)oc(=O)c32)cc([N+](=O)[O-])c1O. The molecule has 2 heterocycles. The van der Waals surface area contributed by atoms with Crippen LogP contribution in [-0.4, -0.2) is 16.6 Å². The van der Waals surface area contributed by atoms with E-state index in [1.807, 2.05) is 6.07 Å². The minimum absolute atomic E-state index is 0.0289. The first kappa shape index (κ1) is 18.8. The zero-order chi connectivity index (χ0) is 20.6. The summed E-state index contributed by atoms with van der Waals surface area (Å²) >= 11 is 0. The summed E-state index contributed by atoms with van der Waals surface area (Å²) in [4.78, 5) is 23.1. The maximum Gasteiger partial charge on any atom is 0.343 e. The van der Waals surface area contributed by atoms with Gasteiger partial charge in [0.25, 0.3) is 0 Å². The van der Waals surface area contributed by atoms with E-state index in [0.717, 1.165) is 6.07 Å². The second-order valence-electron chi connectivity index (χ2n) is 5.92. The Balaban J connectivity index is 2.35. The van der Waals surface area contributed by atoms with Gasteiger partial charge < -0.3 is 24.7 Å². The van der Waals surface area contributed by atoms with Crippen molar-refractivity contribution in [1.29, 1.82) is 5.26 Å². The molecule has 28 heavy (non-hydrogen) atoms. The van der Waals surface area contributed by atoms with Crippen LogP contribution >= 0.6 is 0 Å². The van der Waals surface area contributed by atoms with Gasteiger partial charge in [0.1, 0.15) is 23.2 Å². The van der Waals surface area contributed by atoms with Gasteiger partial charge in [0.05, 0.1) is 23.0 Å². The molecule has 1 atom stereocenters. The Morgan fingerprint density at radius 1 is 1.43 bits per heavy atom. The van der Waals surface area contributed by atoms with Gasteiger partial charge >= 0.3 is 11.3 Å². The van der Waals surface area contributed by atoms with Gasteiger partial charge in [-0.3, -0.25) is 10.1 Å². The summed E-state index contributed by atoms with van der Waals surface area (Å²) in [7, 11) is 0. The summed E-state index contributed by atoms with van der Waals surface area (Å²) < 4.78 is 15.8. The van der Waals surface area contributed by atoms with Crippen LogP contribution in [0, 0.1) is 28.4 Å². The first-order chi connectivity index (χ1) is 13.3. The highest BCUT2D eigenvalue weighted by molar-refractivity contribution is 5.62. The number of rotatable bonds is 4. The number of nitrogens with two attached hydrogens (primary N) is 1. The molecule has 3 rings (SSSR count). The van der Waals surface area contributed by atoms with Crippen LogP contribution in [-0.2, 0) is 0 Å². The van der Waals surface area contributed by atoms with Crippen LogP contribution < -0.4 is 20.8 Å². The molecule has 3 N–H and O–H groups in total. The summed E-state index contributed by atoms with van der Waals surface area (Å²) in [6.45, 7) is 3.30. The minimum atomic E-state index is -1.09. The first-order valence-corrected chi connectivity index (χ1v) is 8.14. The number of hydrogen-bond acceptors (Lipinski definition) is 9. The highest BCUT2D eigenvalue weighted by Crippen LogP contribution is 2.45. The number of ether oxygens (including phenoxy) is 2. The molecule has 144 valence electrons. The number of fused-ring (bicyclic) bond motifs is 1. The smallest absolute Gasteiger partial charge is 0.343 e. The third kappa shape index (κ3) is 2.99. The molecule has 10 nitrogen and oxygen atoms in total. The van der Waals surface area contributed by atoms with Crippen molar-refractivity contribution in [3.8, 4) is 23.3 Å². The van der Waals surface area contributed by atoms with Crippen molar-refractivity contribution >= 4 is 5.69 Å². The monoisotopic (exact) mass is 385 g/mol. The van der Waals surface area contributed by atoms with Crippen LogP contribution in [0.3, 0.4) is 0 Å². The Morgan fingerprint density at radius 3 is 2.75 bits per heavy atom. The van der Waals surface area contributed by atoms with Gasteiger partial charge in [0, 0.05) is 12.1 Å². The van der Waals surface area contributed by atoms with Gasteiger partial charge in [-0.1, -0.05) is 0 Å². The Morgan fingerprint density at radius 2 is 2.14 bits per heavy atom. The third-order valence-corrected chi connectivity index (χ3v) is 4.16. The number of phenolic OH excluding ortho intramolecular Hbond substituents is 1. The molecule has 1 aliphatic heterocycles. The summed E-state index contributed by atoms with van der Waals surface area (Å²) in [6.07, 6.45) is 0. The number of nitriles is 1. The van der Waals surface area contributed by atoms with Crippen molar-refractivity contribution in [3.05, 3.63) is 67.1 Å². The molecule has 1 aromatic heterocycles. The molecule has 0 fully saturated rings. The highest BCUT2D eigenvalue weighted by Gasteiger charge is 2.36. The van der Waals surface area contributed by atoms with Crippen LogP contribution in [0.15, 0.2) is 38.9 Å². The van der Waals surface area contributed by atoms with Crippen molar-refractivity contribution in [2.75, 3.05) is 6.61 Å². The molecule has 1 aromatic carbocycles. The fourth-order valence-electron chi connectivity index (χ4n) is 3.04. The van der Waals surface area contributed by atoms with Gasteiger partial charge in [0.15, 0.2) is 5.75 Å². The van der Waals surface area contributed by atoms with E-state index in [0.29, 0.717) is 0 Å². The van der Waals surface area contributed by atoms with Crippen LogP contribution in [0.2, 0.25) is 0 Å². The molecule has 0 unspecified atom stereocenters. The lowest BCUT2D eigenvalue weighted by Crippen LogP contribution is -2.26. The fraction of sp³-hybridized carbons (Fsp3) is 0.222. The lowest BCUT2D eigenvalue weighted by atomic mass is 9.84. The van der Waals surface area contributed by atoms with E-state index < -0.39 is 27.9 Å². The number of nitro groups is 1. The van der Waals surface area contributed by atoms with E-state index in [-0.39, 0.29) is 46.4 Å². The molecule has 0 saturated carbocycles. The third-order valence-electron chi connectivity index (χ3n) is 4.16. The van der Waals surface area contributed by atoms with E-state index in [9.17, 15) is 25.3 Å². The van der Waals surface area contributed by atoms with E-state index in [1.165, 1.54) is 12.1 Å². The molecular formula is C18H15N3O7. The minimum Gasteiger partial charge on any atom is -0.500 e. The molecule has 0 amide bonds. The van der Waals surface area contributed by atoms with Crippen molar-refractivity contribution in [1.82, 2.24) is 0 Å². The van der Waals surface area contributed by atoms with Crippen molar-refractivity contribution in [2.24, 2.45) is 5.73 Å². The summed E-state index contributed by atoms with van der Waals surface area (Å²) in [5.74, 6) is -1.80. The number of benzene rings is 1. The average molecular weight is 385 g/mol. The number of allylic oxidation sites excluding steroid dienone is 1. The van der Waals surface area contributed by atoms with E-state index in [1.54, 1.807) is 13.8 Å². The van der Waals surface area contributed by atoms with E-state index >= 15 is 0 Å². The summed E-state index contributed by atoms with van der Waals surface area (Å²) in [5, 5.41) is 31.0. The van der Waals surface area contributed by atoms with E-state index in [2.05, 4.69) is 0 Å². The predicted molar refractivity (Wildman–Crippen MR) is 94.9 cm³/mol. The standard InChI is InChI=1S/C18H15N3O7/c1-3-26-13-6-9(5-11(16(13)22)21(24)25)14-10(7-19)17(20)28-12-4-8(2)27-18(23)15(12)14/h4-6,14,22H,3,20H2,1-2H3/t14-/m1/s1. The highest BCUT2D eigenvalue weighted by atomic mass is 16.6. The van der Waals surface area contributed by atoms with Crippen LogP contribution in [0.5, 0.6) is 17.2 Å². The van der Waals surface area contributed by atoms with Gasteiger partial charge in [-0.25, -0.2) is 4.79 Å². The molecular weight excluding hydrogens is 370 g/mol. The quantitative estimate of drug-likeness (QED) is 0.593. The van der Waals surface area contributed by atoms with Crippen molar-refractivity contribution < 1.29 is 23.9 Å². The van der Waals surface area contributed by atoms with Gasteiger partial charge in [-0.05, 0) is 25.5 Å². The molecule has 0 aliphatic carbocycles. The average Bonchev–Trinajstić information content (AvgIpc) is 2.62. The fourth-order valence-corrected chi connectivity index (χ4v) is 3.04. The largest absolute Gasteiger partial charge is 0.500 e. The van der Waals surface area contributed by atoms with Crippen LogP contribution in [0.4, 0.5) is 5.69 Å². The number of aryl methyl sites for hydroxylation is 1. The Labute approximate surface area is 158 Å². The first-order valence-electron chi connectivity index (χ1n) is 8.14.